The van der Waals surface area contributed by atoms with Crippen molar-refractivity contribution in [2.75, 3.05) is 13.1 Å². The van der Waals surface area contributed by atoms with Crippen LogP contribution >= 0.6 is 0 Å². The number of carbonyl (C=O) groups is 1. The van der Waals surface area contributed by atoms with Gasteiger partial charge in [0.2, 0.25) is 0 Å². The Labute approximate surface area is 202 Å². The molecule has 0 unspecified atom stereocenters. The lowest BCUT2D eigenvalue weighted by molar-refractivity contribution is -0.144. The highest BCUT2D eigenvalue weighted by atomic mass is 16.5. The van der Waals surface area contributed by atoms with Crippen LogP contribution in [0.2, 0.25) is 0 Å². The van der Waals surface area contributed by atoms with Gasteiger partial charge in [-0.15, -0.1) is 0 Å². The molecule has 178 valence electrons. The summed E-state index contributed by atoms with van der Waals surface area (Å²) in [6.07, 6.45) is 2.80. The van der Waals surface area contributed by atoms with Crippen molar-refractivity contribution in [2.24, 2.45) is 5.92 Å². The van der Waals surface area contributed by atoms with Gasteiger partial charge in [0.1, 0.15) is 18.4 Å². The molecule has 2 aromatic carbocycles. The number of nitrogens with one attached hydrogen (secondary N) is 1. The smallest absolute Gasteiger partial charge is 0.325 e. The number of hydrogen-bond donors (Lipinski definition) is 2. The first-order chi connectivity index (χ1) is 17.1. The number of aromatic amines is 1. The Morgan fingerprint density at radius 3 is 2.74 bits per heavy atom. The second-order valence-corrected chi connectivity index (χ2v) is 9.62. The van der Waals surface area contributed by atoms with E-state index < -0.39 is 12.0 Å². The summed E-state index contributed by atoms with van der Waals surface area (Å²) < 4.78 is 7.82. The number of nitrogens with zero attached hydrogens (tertiary/aromatic N) is 2. The zero-order chi connectivity index (χ0) is 23.9. The molecular weight excluding hydrogens is 442 g/mol. The Hall–Kier alpha value is -3.84. The summed E-state index contributed by atoms with van der Waals surface area (Å²) in [7, 11) is 0. The first kappa shape index (κ1) is 21.7. The van der Waals surface area contributed by atoms with Gasteiger partial charge in [0, 0.05) is 66.0 Å². The highest BCUT2D eigenvalue weighted by Crippen LogP contribution is 2.40. The van der Waals surface area contributed by atoms with E-state index in [-0.39, 0.29) is 17.4 Å². The molecule has 2 bridgehead atoms. The Bertz CT molecular complexity index is 1440. The minimum Gasteiger partial charge on any atom is -0.489 e. The number of pyridine rings is 1. The average molecular weight is 470 g/mol. The zero-order valence-corrected chi connectivity index (χ0v) is 19.3. The molecule has 1 saturated heterocycles. The fraction of sp³-hybridized carbons (Fsp3) is 0.286. The van der Waals surface area contributed by atoms with Crippen LogP contribution in [0.5, 0.6) is 5.75 Å². The Morgan fingerprint density at radius 1 is 1.06 bits per heavy atom. The lowest BCUT2D eigenvalue weighted by Crippen LogP contribution is -2.49. The van der Waals surface area contributed by atoms with E-state index in [1.165, 1.54) is 0 Å². The average Bonchev–Trinajstić information content (AvgIpc) is 3.27. The summed E-state index contributed by atoms with van der Waals surface area (Å²) in [5.74, 6) is 0.282. The molecule has 35 heavy (non-hydrogen) atoms. The number of carboxylic acids is 1. The normalized spacial score (nSPS) is 20.3. The van der Waals surface area contributed by atoms with Crippen LogP contribution in [0.3, 0.4) is 0 Å². The summed E-state index contributed by atoms with van der Waals surface area (Å²) >= 11 is 0. The van der Waals surface area contributed by atoms with Gasteiger partial charge in [-0.1, -0.05) is 36.4 Å². The number of hydrogen-bond acceptors (Lipinski definition) is 4. The molecule has 2 aromatic heterocycles. The minimum absolute atomic E-state index is 0.0300. The van der Waals surface area contributed by atoms with E-state index in [1.807, 2.05) is 65.4 Å². The number of fused-ring (bicyclic) bond motifs is 5. The molecule has 0 amide bonds. The van der Waals surface area contributed by atoms with Crippen LogP contribution in [0.15, 0.2) is 77.7 Å². The highest BCUT2D eigenvalue weighted by Gasteiger charge is 2.40. The van der Waals surface area contributed by atoms with Crippen molar-refractivity contribution in [1.82, 2.24) is 14.5 Å². The van der Waals surface area contributed by atoms with Gasteiger partial charge in [0.05, 0.1) is 0 Å². The van der Waals surface area contributed by atoms with Crippen LogP contribution < -0.4 is 10.3 Å². The van der Waals surface area contributed by atoms with E-state index in [0.717, 1.165) is 39.9 Å². The molecule has 0 aliphatic carbocycles. The van der Waals surface area contributed by atoms with Crippen LogP contribution in [0.4, 0.5) is 0 Å². The number of piperidine rings is 1. The SMILES string of the molecule is O=C(O)[C@H](c1c[nH]c2cc(OCc3ccccc3)ccc12)N1C[C@H]2C[C@@H](C1)c1cccc(=O)n1C2. The van der Waals surface area contributed by atoms with Gasteiger partial charge in [-0.2, -0.15) is 0 Å². The number of aromatic nitrogens is 2. The van der Waals surface area contributed by atoms with Gasteiger partial charge in [0.25, 0.3) is 5.56 Å². The summed E-state index contributed by atoms with van der Waals surface area (Å²) in [5.41, 5.74) is 3.74. The largest absolute Gasteiger partial charge is 0.489 e. The number of aliphatic carboxylic acids is 1. The van der Waals surface area contributed by atoms with Crippen molar-refractivity contribution < 1.29 is 14.6 Å². The number of ether oxygens (including phenoxy) is 1. The lowest BCUT2D eigenvalue weighted by atomic mass is 9.82. The second-order valence-electron chi connectivity index (χ2n) is 9.62. The number of likely N-dealkylation sites (tertiary alicyclic amines) is 1. The van der Waals surface area contributed by atoms with Crippen molar-refractivity contribution in [3.05, 3.63) is 100 Å². The predicted octanol–water partition coefficient (Wildman–Crippen LogP) is 4.15. The molecule has 4 heterocycles. The molecule has 3 atom stereocenters. The minimum atomic E-state index is -0.860. The fourth-order valence-electron chi connectivity index (χ4n) is 5.81. The van der Waals surface area contributed by atoms with Gasteiger partial charge >= 0.3 is 5.97 Å². The number of benzene rings is 2. The third-order valence-corrected chi connectivity index (χ3v) is 7.34. The molecular formula is C28H27N3O4. The number of rotatable bonds is 6. The van der Waals surface area contributed by atoms with Gasteiger partial charge in [0.15, 0.2) is 0 Å². The van der Waals surface area contributed by atoms with E-state index >= 15 is 0 Å². The van der Waals surface area contributed by atoms with Crippen LogP contribution in [-0.2, 0) is 17.9 Å². The van der Waals surface area contributed by atoms with Crippen molar-refractivity contribution in [3.8, 4) is 5.75 Å². The highest BCUT2D eigenvalue weighted by molar-refractivity contribution is 5.90. The van der Waals surface area contributed by atoms with E-state index in [9.17, 15) is 14.7 Å². The fourth-order valence-corrected chi connectivity index (χ4v) is 5.81. The van der Waals surface area contributed by atoms with Gasteiger partial charge < -0.3 is 19.4 Å². The van der Waals surface area contributed by atoms with E-state index in [1.54, 1.807) is 12.1 Å². The van der Waals surface area contributed by atoms with Crippen molar-refractivity contribution >= 4 is 16.9 Å². The van der Waals surface area contributed by atoms with Gasteiger partial charge in [-0.25, -0.2) is 0 Å². The molecule has 1 fully saturated rings. The molecule has 7 heteroatoms. The van der Waals surface area contributed by atoms with Gasteiger partial charge in [-0.3, -0.25) is 14.5 Å². The standard InChI is InChI=1S/C28H27N3O4/c32-26-8-4-7-25-20-11-19(15-31(25)26)14-30(16-20)27(28(33)34)23-13-29-24-12-21(9-10-22(23)24)35-17-18-5-2-1-3-6-18/h1-10,12-13,19-20,27,29H,11,14-17H2,(H,33,34)/t19-,20+,27+/m1/s1. The third-order valence-electron chi connectivity index (χ3n) is 7.34. The van der Waals surface area contributed by atoms with Crippen LogP contribution in [0.1, 0.15) is 35.2 Å². The molecule has 7 nitrogen and oxygen atoms in total. The van der Waals surface area contributed by atoms with E-state index in [0.29, 0.717) is 26.2 Å². The zero-order valence-electron chi connectivity index (χ0n) is 19.3. The maximum Gasteiger partial charge on any atom is 0.325 e. The maximum atomic E-state index is 12.6. The summed E-state index contributed by atoms with van der Waals surface area (Å²) in [4.78, 5) is 30.2. The molecule has 0 spiro atoms. The third kappa shape index (κ3) is 4.02. The molecule has 0 saturated carbocycles. The molecule has 4 aromatic rings. The summed E-state index contributed by atoms with van der Waals surface area (Å²) in [6, 6.07) is 20.4. The van der Waals surface area contributed by atoms with Crippen molar-refractivity contribution in [3.63, 3.8) is 0 Å². The van der Waals surface area contributed by atoms with E-state index in [2.05, 4.69) is 9.88 Å². The van der Waals surface area contributed by atoms with Crippen molar-refractivity contribution in [1.29, 1.82) is 0 Å². The topological polar surface area (TPSA) is 87.6 Å². The molecule has 2 aliphatic rings. The maximum absolute atomic E-state index is 12.6. The molecule has 2 N–H and O–H groups in total. The van der Waals surface area contributed by atoms with Crippen LogP contribution in [0.25, 0.3) is 10.9 Å². The first-order valence-electron chi connectivity index (χ1n) is 12.0. The number of H-pyrrole nitrogens is 1. The Kier molecular flexibility index (Phi) is 5.41. The second kappa shape index (κ2) is 8.74. The summed E-state index contributed by atoms with van der Waals surface area (Å²) in [6.45, 7) is 2.38. The Morgan fingerprint density at radius 2 is 1.91 bits per heavy atom. The molecule has 2 aliphatic heterocycles. The monoisotopic (exact) mass is 469 g/mol. The summed E-state index contributed by atoms with van der Waals surface area (Å²) in [5, 5.41) is 11.2. The van der Waals surface area contributed by atoms with Crippen molar-refractivity contribution in [2.45, 2.75) is 31.5 Å². The first-order valence-corrected chi connectivity index (χ1v) is 12.0. The quantitative estimate of drug-likeness (QED) is 0.443. The predicted molar refractivity (Wildman–Crippen MR) is 133 cm³/mol. The van der Waals surface area contributed by atoms with Crippen LogP contribution in [-0.4, -0.2) is 38.6 Å². The van der Waals surface area contributed by atoms with Gasteiger partial charge in [-0.05, 0) is 36.1 Å². The molecule has 0 radical (unpaired) electrons. The number of carboxylic acid groups (broad SMARTS) is 1. The van der Waals surface area contributed by atoms with E-state index in [4.69, 9.17) is 4.74 Å². The lowest BCUT2D eigenvalue weighted by Gasteiger charge is -2.44. The Balaban J connectivity index is 1.27. The van der Waals surface area contributed by atoms with Crippen LogP contribution in [0, 0.1) is 5.92 Å². The molecule has 6 rings (SSSR count).